The molecule has 4 nitrogen and oxygen atoms in total. The van der Waals surface area contributed by atoms with E-state index in [0.29, 0.717) is 22.9 Å². The Kier molecular flexibility index (Phi) is 6.01. The number of benzene rings is 3. The van der Waals surface area contributed by atoms with Crippen LogP contribution in [0.1, 0.15) is 28.8 Å². The Labute approximate surface area is 176 Å². The molecule has 0 spiro atoms. The highest BCUT2D eigenvalue weighted by molar-refractivity contribution is 6.34. The summed E-state index contributed by atoms with van der Waals surface area (Å²) in [5, 5.41) is 3.68. The Bertz CT molecular complexity index is 985. The quantitative estimate of drug-likeness (QED) is 0.564. The zero-order valence-electron chi connectivity index (χ0n) is 16.1. The van der Waals surface area contributed by atoms with Gasteiger partial charge in [-0.3, -0.25) is 4.79 Å². The molecule has 0 aromatic heterocycles. The highest BCUT2D eigenvalue weighted by atomic mass is 35.5. The lowest BCUT2D eigenvalue weighted by molar-refractivity contribution is 0.102. The first-order valence-electron chi connectivity index (χ1n) is 9.82. The van der Waals surface area contributed by atoms with E-state index in [2.05, 4.69) is 10.2 Å². The second kappa shape index (κ2) is 9.01. The number of hydrogen-bond acceptors (Lipinski definition) is 3. The minimum absolute atomic E-state index is 0.183. The van der Waals surface area contributed by atoms with Crippen LogP contribution in [-0.2, 0) is 6.61 Å². The molecule has 1 aliphatic rings. The largest absolute Gasteiger partial charge is 0.489 e. The summed E-state index contributed by atoms with van der Waals surface area (Å²) in [4.78, 5) is 15.1. The molecule has 5 heteroatoms. The van der Waals surface area contributed by atoms with E-state index in [1.54, 1.807) is 12.1 Å². The maximum absolute atomic E-state index is 12.9. The molecule has 1 heterocycles. The van der Waals surface area contributed by atoms with Gasteiger partial charge < -0.3 is 15.0 Å². The van der Waals surface area contributed by atoms with Gasteiger partial charge in [-0.2, -0.15) is 0 Å². The fourth-order valence-corrected chi connectivity index (χ4v) is 3.83. The van der Waals surface area contributed by atoms with Gasteiger partial charge in [0.05, 0.1) is 16.4 Å². The minimum Gasteiger partial charge on any atom is -0.489 e. The molecule has 0 unspecified atom stereocenters. The number of anilines is 2. The number of carbonyl (C=O) groups excluding carboxylic acids is 1. The molecule has 1 saturated heterocycles. The van der Waals surface area contributed by atoms with Gasteiger partial charge in [-0.05, 0) is 48.7 Å². The number of halogens is 1. The second-order valence-corrected chi connectivity index (χ2v) is 7.49. The molecule has 3 aromatic carbocycles. The third-order valence-electron chi connectivity index (χ3n) is 5.00. The van der Waals surface area contributed by atoms with E-state index in [9.17, 15) is 4.79 Å². The van der Waals surface area contributed by atoms with Gasteiger partial charge >= 0.3 is 0 Å². The molecule has 0 bridgehead atoms. The highest BCUT2D eigenvalue weighted by Gasteiger charge is 2.20. The Morgan fingerprint density at radius 2 is 1.72 bits per heavy atom. The third kappa shape index (κ3) is 4.72. The van der Waals surface area contributed by atoms with Crippen LogP contribution in [0.25, 0.3) is 0 Å². The van der Waals surface area contributed by atoms with Gasteiger partial charge in [-0.25, -0.2) is 0 Å². The standard InChI is InChI=1S/C24H23ClN2O2/c25-21-12-7-13-22(23(21)27-14-4-5-15-27)26-24(28)19-10-6-11-20(16-19)29-17-18-8-2-1-3-9-18/h1-3,6-13,16H,4-5,14-15,17H2,(H,26,28). The van der Waals surface area contributed by atoms with Crippen molar-refractivity contribution in [3.8, 4) is 5.75 Å². The summed E-state index contributed by atoms with van der Waals surface area (Å²) < 4.78 is 5.85. The molecule has 0 atom stereocenters. The first-order valence-corrected chi connectivity index (χ1v) is 10.2. The van der Waals surface area contributed by atoms with E-state index in [4.69, 9.17) is 16.3 Å². The van der Waals surface area contributed by atoms with E-state index in [1.165, 1.54) is 0 Å². The molecule has 0 saturated carbocycles. The van der Waals surface area contributed by atoms with Crippen LogP contribution in [0.5, 0.6) is 5.75 Å². The van der Waals surface area contributed by atoms with Gasteiger partial charge in [0.15, 0.2) is 0 Å². The van der Waals surface area contributed by atoms with Crippen LogP contribution in [0.2, 0.25) is 5.02 Å². The molecule has 1 N–H and O–H groups in total. The van der Waals surface area contributed by atoms with Gasteiger partial charge in [-0.15, -0.1) is 0 Å². The van der Waals surface area contributed by atoms with Crippen molar-refractivity contribution in [3.05, 3.63) is 88.9 Å². The van der Waals surface area contributed by atoms with Crippen LogP contribution >= 0.6 is 11.6 Å². The van der Waals surface area contributed by atoms with Crippen molar-refractivity contribution in [2.24, 2.45) is 0 Å². The molecule has 148 valence electrons. The number of para-hydroxylation sites is 1. The monoisotopic (exact) mass is 406 g/mol. The number of carbonyl (C=O) groups is 1. The molecule has 4 rings (SSSR count). The van der Waals surface area contributed by atoms with Crippen molar-refractivity contribution in [1.82, 2.24) is 0 Å². The van der Waals surface area contributed by atoms with Crippen molar-refractivity contribution in [2.75, 3.05) is 23.3 Å². The molecular formula is C24H23ClN2O2. The van der Waals surface area contributed by atoms with Crippen molar-refractivity contribution in [3.63, 3.8) is 0 Å². The summed E-state index contributed by atoms with van der Waals surface area (Å²) in [6.07, 6.45) is 2.28. The van der Waals surface area contributed by atoms with Crippen LogP contribution in [0, 0.1) is 0 Å². The first kappa shape index (κ1) is 19.3. The zero-order chi connectivity index (χ0) is 20.1. The van der Waals surface area contributed by atoms with E-state index in [0.717, 1.165) is 42.9 Å². The summed E-state index contributed by atoms with van der Waals surface area (Å²) in [6.45, 7) is 2.37. The molecular weight excluding hydrogens is 384 g/mol. The third-order valence-corrected chi connectivity index (χ3v) is 5.31. The van der Waals surface area contributed by atoms with Crippen molar-refractivity contribution in [2.45, 2.75) is 19.4 Å². The van der Waals surface area contributed by atoms with E-state index in [-0.39, 0.29) is 5.91 Å². The highest BCUT2D eigenvalue weighted by Crippen LogP contribution is 2.36. The molecule has 1 fully saturated rings. The number of hydrogen-bond donors (Lipinski definition) is 1. The van der Waals surface area contributed by atoms with Crippen molar-refractivity contribution >= 4 is 28.9 Å². The van der Waals surface area contributed by atoms with Crippen molar-refractivity contribution < 1.29 is 9.53 Å². The summed E-state index contributed by atoms with van der Waals surface area (Å²) in [6, 6.07) is 22.8. The smallest absolute Gasteiger partial charge is 0.255 e. The predicted octanol–water partition coefficient (Wildman–Crippen LogP) is 5.77. The normalized spacial score (nSPS) is 13.3. The van der Waals surface area contributed by atoms with E-state index >= 15 is 0 Å². The minimum atomic E-state index is -0.183. The number of nitrogens with zero attached hydrogens (tertiary/aromatic N) is 1. The van der Waals surface area contributed by atoms with E-state index in [1.807, 2.05) is 60.7 Å². The number of nitrogens with one attached hydrogen (secondary N) is 1. The molecule has 0 aliphatic carbocycles. The van der Waals surface area contributed by atoms with E-state index < -0.39 is 0 Å². The predicted molar refractivity (Wildman–Crippen MR) is 118 cm³/mol. The Morgan fingerprint density at radius 1 is 0.966 bits per heavy atom. The lowest BCUT2D eigenvalue weighted by Crippen LogP contribution is -2.21. The maximum Gasteiger partial charge on any atom is 0.255 e. The van der Waals surface area contributed by atoms with Crippen LogP contribution in [0.3, 0.4) is 0 Å². The lowest BCUT2D eigenvalue weighted by atomic mass is 10.1. The second-order valence-electron chi connectivity index (χ2n) is 7.09. The first-order chi connectivity index (χ1) is 14.2. The molecule has 3 aromatic rings. The van der Waals surface area contributed by atoms with Gasteiger partial charge in [0.1, 0.15) is 12.4 Å². The summed E-state index contributed by atoms with van der Waals surface area (Å²) in [5.74, 6) is 0.477. The summed E-state index contributed by atoms with van der Waals surface area (Å²) in [7, 11) is 0. The Hall–Kier alpha value is -2.98. The fourth-order valence-electron chi connectivity index (χ4n) is 3.54. The molecule has 1 aliphatic heterocycles. The van der Waals surface area contributed by atoms with Gasteiger partial charge in [0.2, 0.25) is 0 Å². The van der Waals surface area contributed by atoms with Crippen LogP contribution in [0.15, 0.2) is 72.8 Å². The lowest BCUT2D eigenvalue weighted by Gasteiger charge is -2.23. The molecule has 29 heavy (non-hydrogen) atoms. The summed E-state index contributed by atoms with van der Waals surface area (Å²) in [5.41, 5.74) is 3.26. The number of amides is 1. The van der Waals surface area contributed by atoms with Crippen LogP contribution in [0.4, 0.5) is 11.4 Å². The molecule has 1 amide bonds. The summed E-state index contributed by atoms with van der Waals surface area (Å²) >= 11 is 6.45. The topological polar surface area (TPSA) is 41.6 Å². The number of rotatable bonds is 6. The zero-order valence-corrected chi connectivity index (χ0v) is 16.9. The van der Waals surface area contributed by atoms with Crippen LogP contribution in [-0.4, -0.2) is 19.0 Å². The average Bonchev–Trinajstić information content (AvgIpc) is 3.28. The van der Waals surface area contributed by atoms with Crippen LogP contribution < -0.4 is 15.0 Å². The SMILES string of the molecule is O=C(Nc1cccc(Cl)c1N1CCCC1)c1cccc(OCc2ccccc2)c1. The number of ether oxygens (including phenoxy) is 1. The van der Waals surface area contributed by atoms with Crippen molar-refractivity contribution in [1.29, 1.82) is 0 Å². The fraction of sp³-hybridized carbons (Fsp3) is 0.208. The average molecular weight is 407 g/mol. The molecule has 0 radical (unpaired) electrons. The van der Waals surface area contributed by atoms with Gasteiger partial charge in [0.25, 0.3) is 5.91 Å². The Balaban J connectivity index is 1.49. The van der Waals surface area contributed by atoms with Gasteiger partial charge in [-0.1, -0.05) is 54.1 Å². The van der Waals surface area contributed by atoms with Gasteiger partial charge in [0, 0.05) is 18.7 Å². The Morgan fingerprint density at radius 3 is 2.52 bits per heavy atom. The maximum atomic E-state index is 12.9.